The topological polar surface area (TPSA) is 96.4 Å². The van der Waals surface area contributed by atoms with Crippen LogP contribution < -0.4 is 0 Å². The van der Waals surface area contributed by atoms with Gasteiger partial charge >= 0.3 is 5.97 Å². The van der Waals surface area contributed by atoms with E-state index < -0.39 is 41.6 Å². The van der Waals surface area contributed by atoms with E-state index in [2.05, 4.69) is 29.1 Å². The Kier molecular flexibility index (Phi) is 9.41. The number of hydrogen-bond acceptors (Lipinski definition) is 6. The Morgan fingerprint density at radius 1 is 1.26 bits per heavy atom. The number of amides is 2. The fourth-order valence-corrected chi connectivity index (χ4v) is 8.14. The van der Waals surface area contributed by atoms with E-state index in [0.29, 0.717) is 19.4 Å². The first-order valence-electron chi connectivity index (χ1n) is 14.2. The minimum Gasteiger partial charge on any atom is -0.465 e. The average Bonchev–Trinajstić information content (AvgIpc) is 3.49. The Bertz CT molecular complexity index is 921. The summed E-state index contributed by atoms with van der Waals surface area (Å²) in [5, 5.41) is 10.4. The number of carbonyl (C=O) groups is 3. The van der Waals surface area contributed by atoms with E-state index in [4.69, 9.17) is 9.47 Å². The molecule has 0 aromatic rings. The van der Waals surface area contributed by atoms with Crippen LogP contribution >= 0.6 is 15.9 Å². The monoisotopic (exact) mass is 594 g/mol. The normalized spacial score (nSPS) is 33.3. The smallest absolute Gasteiger partial charge is 0.312 e. The Labute approximate surface area is 234 Å². The maximum Gasteiger partial charge on any atom is 0.312 e. The van der Waals surface area contributed by atoms with Crippen LogP contribution in [0.3, 0.4) is 0 Å². The molecule has 1 N–H and O–H groups in total. The van der Waals surface area contributed by atoms with Crippen molar-refractivity contribution in [2.45, 2.75) is 99.9 Å². The minimum atomic E-state index is -1.16. The molecule has 7 atom stereocenters. The molecule has 0 aromatic carbocycles. The number of hydrogen-bond donors (Lipinski definition) is 1. The fraction of sp³-hybridized carbons (Fsp3) is 0.759. The lowest BCUT2D eigenvalue weighted by atomic mass is 9.70. The summed E-state index contributed by atoms with van der Waals surface area (Å²) in [5.74, 6) is -2.67. The predicted octanol–water partition coefficient (Wildman–Crippen LogP) is 3.61. The molecule has 9 heteroatoms. The van der Waals surface area contributed by atoms with E-state index >= 15 is 0 Å². The van der Waals surface area contributed by atoms with Crippen LogP contribution in [0.4, 0.5) is 0 Å². The SMILES string of the molecule is C=CCCCOC(=O)[C@H]1[C@H]2C(=O)N([C@@H](CO)C(C)C)C(C(=O)N(CC=C)C3CCCCC3)C23CC(Br)[C@@H]1O3. The summed E-state index contributed by atoms with van der Waals surface area (Å²) < 4.78 is 12.2. The van der Waals surface area contributed by atoms with Crippen molar-refractivity contribution in [1.82, 2.24) is 9.80 Å². The lowest BCUT2D eigenvalue weighted by Crippen LogP contribution is -2.61. The Hall–Kier alpha value is -1.71. The van der Waals surface area contributed by atoms with Crippen molar-refractivity contribution >= 4 is 33.7 Å². The molecular formula is C29H43BrN2O6. The number of carbonyl (C=O) groups excluding carboxylic acids is 3. The van der Waals surface area contributed by atoms with Gasteiger partial charge in [-0.25, -0.2) is 0 Å². The molecule has 4 aliphatic rings. The molecule has 2 amide bonds. The maximum absolute atomic E-state index is 14.6. The molecule has 8 nitrogen and oxygen atoms in total. The van der Waals surface area contributed by atoms with Crippen LogP contribution in [0.5, 0.6) is 0 Å². The van der Waals surface area contributed by atoms with E-state index in [-0.39, 0.29) is 41.8 Å². The van der Waals surface area contributed by atoms with E-state index in [1.54, 1.807) is 17.1 Å². The van der Waals surface area contributed by atoms with Crippen molar-refractivity contribution in [3.05, 3.63) is 25.3 Å². The Morgan fingerprint density at radius 2 is 1.97 bits per heavy atom. The summed E-state index contributed by atoms with van der Waals surface area (Å²) in [4.78, 5) is 45.4. The van der Waals surface area contributed by atoms with Gasteiger partial charge in [0.2, 0.25) is 11.8 Å². The van der Waals surface area contributed by atoms with Crippen molar-refractivity contribution in [3.8, 4) is 0 Å². The number of alkyl halides is 1. The molecular weight excluding hydrogens is 552 g/mol. The summed E-state index contributed by atoms with van der Waals surface area (Å²) in [6.45, 7) is 11.8. The zero-order valence-corrected chi connectivity index (χ0v) is 24.3. The molecule has 0 radical (unpaired) electrons. The predicted molar refractivity (Wildman–Crippen MR) is 147 cm³/mol. The molecule has 212 valence electrons. The van der Waals surface area contributed by atoms with Crippen LogP contribution in [0.2, 0.25) is 0 Å². The quantitative estimate of drug-likeness (QED) is 0.160. The summed E-state index contributed by atoms with van der Waals surface area (Å²) in [6, 6.07) is -1.43. The second-order valence-corrected chi connectivity index (χ2v) is 12.7. The Morgan fingerprint density at radius 3 is 2.58 bits per heavy atom. The highest BCUT2D eigenvalue weighted by Gasteiger charge is 2.77. The third kappa shape index (κ3) is 4.99. The second kappa shape index (κ2) is 12.2. The average molecular weight is 596 g/mol. The standard InChI is InChI=1S/C29H43BrN2O6/c1-5-7-11-15-37-28(36)22-23-26(34)32(21(17-33)18(3)4)25(29(23)16-20(30)24(22)38-29)27(35)31(14-6-2)19-12-9-8-10-13-19/h5-6,18-25,33H,1-2,7-17H2,3-4H3/t20?,21-,22-,23-,24-,25?,29?/m0/s1. The lowest BCUT2D eigenvalue weighted by molar-refractivity contribution is -0.157. The number of rotatable bonds is 12. The first-order valence-corrected chi connectivity index (χ1v) is 15.1. The zero-order valence-electron chi connectivity index (χ0n) is 22.7. The molecule has 3 aliphatic heterocycles. The van der Waals surface area contributed by atoms with E-state index in [0.717, 1.165) is 38.5 Å². The number of aliphatic hydroxyl groups is 1. The van der Waals surface area contributed by atoms with Gasteiger partial charge in [-0.1, -0.05) is 61.2 Å². The lowest BCUT2D eigenvalue weighted by Gasteiger charge is -2.43. The van der Waals surface area contributed by atoms with Gasteiger partial charge in [0, 0.05) is 17.4 Å². The summed E-state index contributed by atoms with van der Waals surface area (Å²) in [7, 11) is 0. The number of likely N-dealkylation sites (tertiary alicyclic amines) is 1. The van der Waals surface area contributed by atoms with Gasteiger partial charge in [-0.15, -0.1) is 13.2 Å². The maximum atomic E-state index is 14.6. The zero-order chi connectivity index (χ0) is 27.6. The summed E-state index contributed by atoms with van der Waals surface area (Å²) in [5.41, 5.74) is -1.16. The number of esters is 1. The van der Waals surface area contributed by atoms with Gasteiger partial charge in [0.25, 0.3) is 0 Å². The number of allylic oxidation sites excluding steroid dienone is 1. The van der Waals surface area contributed by atoms with Crippen molar-refractivity contribution < 1.29 is 29.0 Å². The van der Waals surface area contributed by atoms with Crippen LogP contribution in [0.1, 0.15) is 65.2 Å². The van der Waals surface area contributed by atoms with Crippen LogP contribution in [-0.2, 0) is 23.9 Å². The van der Waals surface area contributed by atoms with Gasteiger partial charge in [0.15, 0.2) is 0 Å². The second-order valence-electron chi connectivity index (χ2n) is 11.6. The molecule has 3 unspecified atom stereocenters. The third-order valence-electron chi connectivity index (χ3n) is 8.97. The van der Waals surface area contributed by atoms with Crippen LogP contribution in [-0.4, -0.2) is 87.1 Å². The highest BCUT2D eigenvalue weighted by atomic mass is 79.9. The molecule has 1 spiro atoms. The van der Waals surface area contributed by atoms with Gasteiger partial charge < -0.3 is 24.4 Å². The van der Waals surface area contributed by atoms with E-state index in [1.165, 1.54) is 0 Å². The van der Waals surface area contributed by atoms with Crippen molar-refractivity contribution in [2.75, 3.05) is 19.8 Å². The molecule has 3 heterocycles. The molecule has 4 rings (SSSR count). The van der Waals surface area contributed by atoms with Crippen LogP contribution in [0.15, 0.2) is 25.3 Å². The first-order chi connectivity index (χ1) is 18.2. The molecule has 1 aliphatic carbocycles. The summed E-state index contributed by atoms with van der Waals surface area (Å²) >= 11 is 3.71. The number of ether oxygens (including phenoxy) is 2. The van der Waals surface area contributed by atoms with Gasteiger partial charge in [0.1, 0.15) is 11.6 Å². The molecule has 2 bridgehead atoms. The highest BCUT2D eigenvalue weighted by Crippen LogP contribution is 2.61. The van der Waals surface area contributed by atoms with Crippen molar-refractivity contribution in [2.24, 2.45) is 17.8 Å². The van der Waals surface area contributed by atoms with Crippen LogP contribution in [0, 0.1) is 17.8 Å². The molecule has 1 saturated carbocycles. The van der Waals surface area contributed by atoms with Crippen molar-refractivity contribution in [1.29, 1.82) is 0 Å². The first kappa shape index (κ1) is 29.3. The van der Waals surface area contributed by atoms with E-state index in [1.807, 2.05) is 18.7 Å². The molecule has 4 fully saturated rings. The third-order valence-corrected chi connectivity index (χ3v) is 9.81. The van der Waals surface area contributed by atoms with Gasteiger partial charge in [-0.2, -0.15) is 0 Å². The number of unbranched alkanes of at least 4 members (excludes halogenated alkanes) is 1. The highest BCUT2D eigenvalue weighted by molar-refractivity contribution is 9.09. The largest absolute Gasteiger partial charge is 0.465 e. The van der Waals surface area contributed by atoms with E-state index in [9.17, 15) is 19.5 Å². The minimum absolute atomic E-state index is 0.0669. The number of aliphatic hydroxyl groups excluding tert-OH is 1. The van der Waals surface area contributed by atoms with Crippen LogP contribution in [0.25, 0.3) is 0 Å². The van der Waals surface area contributed by atoms with Gasteiger partial charge in [-0.3, -0.25) is 14.4 Å². The Balaban J connectivity index is 1.74. The molecule has 3 saturated heterocycles. The van der Waals surface area contributed by atoms with Gasteiger partial charge in [0.05, 0.1) is 37.2 Å². The number of nitrogens with zero attached hydrogens (tertiary/aromatic N) is 2. The molecule has 38 heavy (non-hydrogen) atoms. The number of fused-ring (bicyclic) bond motifs is 1. The molecule has 0 aromatic heterocycles. The summed E-state index contributed by atoms with van der Waals surface area (Å²) in [6.07, 6.45) is 9.85. The van der Waals surface area contributed by atoms with Crippen molar-refractivity contribution in [3.63, 3.8) is 0 Å². The fourth-order valence-electron chi connectivity index (χ4n) is 7.20. The number of halogens is 1. The van der Waals surface area contributed by atoms with Gasteiger partial charge in [-0.05, 0) is 38.0 Å².